The lowest BCUT2D eigenvalue weighted by Crippen LogP contribution is -2.34. The van der Waals surface area contributed by atoms with Gasteiger partial charge in [-0.05, 0) is 48.1 Å². The van der Waals surface area contributed by atoms with Crippen LogP contribution in [0, 0.1) is 0 Å². The van der Waals surface area contributed by atoms with Gasteiger partial charge in [0.05, 0.1) is 19.3 Å². The van der Waals surface area contributed by atoms with E-state index in [2.05, 4.69) is 29.6 Å². The molecule has 2 aliphatic rings. The molecule has 0 unspecified atom stereocenters. The van der Waals surface area contributed by atoms with Crippen LogP contribution in [0.25, 0.3) is 0 Å². The number of aliphatic hydroxyl groups is 1. The summed E-state index contributed by atoms with van der Waals surface area (Å²) < 4.78 is 16.3. The Morgan fingerprint density at radius 1 is 1.15 bits per heavy atom. The number of ether oxygens (including phenoxy) is 3. The first-order valence-corrected chi connectivity index (χ1v) is 9.25. The number of benzene rings is 2. The van der Waals surface area contributed by atoms with Crippen LogP contribution in [-0.4, -0.2) is 31.2 Å². The molecule has 0 radical (unpaired) electrons. The molecule has 2 atom stereocenters. The minimum Gasteiger partial charge on any atom is -0.454 e. The summed E-state index contributed by atoms with van der Waals surface area (Å²) in [7, 11) is 0. The zero-order chi connectivity index (χ0) is 17.8. The van der Waals surface area contributed by atoms with Crippen molar-refractivity contribution >= 4 is 0 Å². The number of aliphatic hydroxyl groups excluding tert-OH is 1. The molecule has 4 rings (SSSR count). The number of fused-ring (bicyclic) bond motifs is 2. The molecule has 0 aromatic heterocycles. The summed E-state index contributed by atoms with van der Waals surface area (Å²) in [5.74, 6) is 1.52. The quantitative estimate of drug-likeness (QED) is 0.800. The van der Waals surface area contributed by atoms with E-state index in [-0.39, 0.29) is 6.79 Å². The average molecular weight is 355 g/mol. The molecule has 26 heavy (non-hydrogen) atoms. The van der Waals surface area contributed by atoms with Crippen LogP contribution in [-0.2, 0) is 17.8 Å². The first kappa shape index (κ1) is 17.3. The molecule has 0 saturated carbocycles. The minimum absolute atomic E-state index is 0.272. The summed E-state index contributed by atoms with van der Waals surface area (Å²) in [6, 6.07) is 14.7. The molecule has 5 nitrogen and oxygen atoms in total. The van der Waals surface area contributed by atoms with Crippen molar-refractivity contribution in [1.29, 1.82) is 0 Å². The lowest BCUT2D eigenvalue weighted by molar-refractivity contribution is 0.0273. The molecule has 2 N–H and O–H groups in total. The van der Waals surface area contributed by atoms with E-state index in [4.69, 9.17) is 14.2 Å². The molecular formula is C21H25NO4. The van der Waals surface area contributed by atoms with Crippen LogP contribution >= 0.6 is 0 Å². The zero-order valence-corrected chi connectivity index (χ0v) is 14.8. The maximum atomic E-state index is 10.2. The van der Waals surface area contributed by atoms with E-state index < -0.39 is 6.10 Å². The normalized spacial score (nSPS) is 19.2. The molecule has 0 amide bonds. The number of hydrogen-bond donors (Lipinski definition) is 2. The van der Waals surface area contributed by atoms with Crippen LogP contribution in [0.5, 0.6) is 11.5 Å². The Morgan fingerprint density at radius 2 is 2.04 bits per heavy atom. The van der Waals surface area contributed by atoms with Gasteiger partial charge in [-0.2, -0.15) is 0 Å². The van der Waals surface area contributed by atoms with Gasteiger partial charge in [-0.3, -0.25) is 0 Å². The van der Waals surface area contributed by atoms with Gasteiger partial charge >= 0.3 is 0 Å². The third-order valence-electron chi connectivity index (χ3n) is 4.99. The van der Waals surface area contributed by atoms with Gasteiger partial charge in [0.2, 0.25) is 6.79 Å². The second-order valence-electron chi connectivity index (χ2n) is 6.91. The topological polar surface area (TPSA) is 60.0 Å². The van der Waals surface area contributed by atoms with Crippen molar-refractivity contribution in [3.8, 4) is 11.5 Å². The lowest BCUT2D eigenvalue weighted by atomic mass is 9.88. The lowest BCUT2D eigenvalue weighted by Gasteiger charge is -2.27. The van der Waals surface area contributed by atoms with Crippen LogP contribution in [0.4, 0.5) is 0 Å². The maximum Gasteiger partial charge on any atom is 0.231 e. The van der Waals surface area contributed by atoms with E-state index in [1.165, 1.54) is 17.5 Å². The van der Waals surface area contributed by atoms with E-state index in [9.17, 15) is 5.11 Å². The average Bonchev–Trinajstić information content (AvgIpc) is 3.14. The molecule has 1 aliphatic carbocycles. The summed E-state index contributed by atoms with van der Waals surface area (Å²) in [5, 5.41) is 13.7. The molecule has 1 aliphatic heterocycles. The second kappa shape index (κ2) is 8.08. The van der Waals surface area contributed by atoms with Gasteiger partial charge in [-0.25, -0.2) is 0 Å². The smallest absolute Gasteiger partial charge is 0.231 e. The number of aryl methyl sites for hydroxylation is 1. The highest BCUT2D eigenvalue weighted by Crippen LogP contribution is 2.32. The van der Waals surface area contributed by atoms with E-state index in [0.29, 0.717) is 25.8 Å². The van der Waals surface area contributed by atoms with E-state index in [0.717, 1.165) is 29.9 Å². The number of hydrogen-bond acceptors (Lipinski definition) is 5. The third kappa shape index (κ3) is 4.01. The predicted molar refractivity (Wildman–Crippen MR) is 98.4 cm³/mol. The Kier molecular flexibility index (Phi) is 5.39. The Bertz CT molecular complexity index is 749. The second-order valence-corrected chi connectivity index (χ2v) is 6.91. The fraction of sp³-hybridized carbons (Fsp3) is 0.429. The molecule has 0 fully saturated rings. The molecule has 0 saturated heterocycles. The first-order valence-electron chi connectivity index (χ1n) is 9.25. The van der Waals surface area contributed by atoms with Crippen LogP contribution in [0.15, 0.2) is 42.5 Å². The fourth-order valence-corrected chi connectivity index (χ4v) is 3.65. The molecule has 5 heteroatoms. The van der Waals surface area contributed by atoms with Crippen molar-refractivity contribution in [3.63, 3.8) is 0 Å². The maximum absolute atomic E-state index is 10.2. The summed E-state index contributed by atoms with van der Waals surface area (Å²) in [4.78, 5) is 0. The minimum atomic E-state index is -0.530. The van der Waals surface area contributed by atoms with Gasteiger partial charge in [0.25, 0.3) is 0 Å². The van der Waals surface area contributed by atoms with Gasteiger partial charge < -0.3 is 24.6 Å². The van der Waals surface area contributed by atoms with Crippen molar-refractivity contribution in [1.82, 2.24) is 5.32 Å². The third-order valence-corrected chi connectivity index (χ3v) is 4.99. The molecule has 0 spiro atoms. The summed E-state index contributed by atoms with van der Waals surface area (Å²) in [5.41, 5.74) is 3.80. The van der Waals surface area contributed by atoms with E-state index in [1.807, 2.05) is 18.2 Å². The van der Waals surface area contributed by atoms with E-state index in [1.54, 1.807) is 0 Å². The molecule has 0 bridgehead atoms. The van der Waals surface area contributed by atoms with Crippen molar-refractivity contribution in [2.24, 2.45) is 0 Å². The van der Waals surface area contributed by atoms with Crippen molar-refractivity contribution in [2.45, 2.75) is 38.0 Å². The highest BCUT2D eigenvalue weighted by molar-refractivity contribution is 5.44. The van der Waals surface area contributed by atoms with Gasteiger partial charge in [0, 0.05) is 12.6 Å². The highest BCUT2D eigenvalue weighted by Gasteiger charge is 2.20. The molecule has 2 aromatic carbocycles. The van der Waals surface area contributed by atoms with Gasteiger partial charge in [-0.1, -0.05) is 30.3 Å². The van der Waals surface area contributed by atoms with E-state index >= 15 is 0 Å². The summed E-state index contributed by atoms with van der Waals surface area (Å²) in [6.45, 7) is 1.55. The fourth-order valence-electron chi connectivity index (χ4n) is 3.65. The first-order chi connectivity index (χ1) is 12.8. The van der Waals surface area contributed by atoms with Crippen molar-refractivity contribution in [3.05, 3.63) is 59.2 Å². The Morgan fingerprint density at radius 3 is 3.00 bits per heavy atom. The summed E-state index contributed by atoms with van der Waals surface area (Å²) in [6.07, 6.45) is 2.92. The number of nitrogens with one attached hydrogen (secondary N) is 1. The molecular weight excluding hydrogens is 330 g/mol. The van der Waals surface area contributed by atoms with Gasteiger partial charge in [0.15, 0.2) is 11.5 Å². The van der Waals surface area contributed by atoms with Gasteiger partial charge in [-0.15, -0.1) is 0 Å². The van der Waals surface area contributed by atoms with Crippen molar-refractivity contribution in [2.75, 3.05) is 19.9 Å². The largest absolute Gasteiger partial charge is 0.454 e. The van der Waals surface area contributed by atoms with Crippen LogP contribution < -0.4 is 14.8 Å². The molecule has 2 aromatic rings. The Hall–Kier alpha value is -2.08. The predicted octanol–water partition coefficient (Wildman–Crippen LogP) is 2.96. The Balaban J connectivity index is 1.22. The standard InChI is InChI=1S/C21H25NO4/c23-17(11-22-19-7-3-5-16-4-1-2-6-18(16)19)13-24-12-15-8-9-20-21(10-15)26-14-25-20/h1-2,4,6,8-10,17,19,22-23H,3,5,7,11-14H2/t17-,19-/m1/s1. The van der Waals surface area contributed by atoms with Crippen LogP contribution in [0.1, 0.15) is 35.6 Å². The SMILES string of the molecule is O[C@H](CN[C@@H]1CCCc2ccccc21)COCc1ccc2c(c1)OCO2. The van der Waals surface area contributed by atoms with Crippen molar-refractivity contribution < 1.29 is 19.3 Å². The monoisotopic (exact) mass is 355 g/mol. The van der Waals surface area contributed by atoms with Gasteiger partial charge in [0.1, 0.15) is 0 Å². The Labute approximate surface area is 153 Å². The molecule has 138 valence electrons. The highest BCUT2D eigenvalue weighted by atomic mass is 16.7. The zero-order valence-electron chi connectivity index (χ0n) is 14.8. The van der Waals surface area contributed by atoms with Crippen LogP contribution in [0.3, 0.4) is 0 Å². The van der Waals surface area contributed by atoms with Crippen LogP contribution in [0.2, 0.25) is 0 Å². The molecule has 1 heterocycles. The summed E-state index contributed by atoms with van der Waals surface area (Å²) >= 11 is 0. The number of rotatable bonds is 7.